The topological polar surface area (TPSA) is 52.6 Å². The average molecular weight is 411 g/mol. The molecule has 0 unspecified atom stereocenters. The molecule has 0 aromatic heterocycles. The first-order valence-corrected chi connectivity index (χ1v) is 11.1. The first kappa shape index (κ1) is 23.7. The zero-order chi connectivity index (χ0) is 21.6. The van der Waals surface area contributed by atoms with Crippen LogP contribution in [0.2, 0.25) is 0 Å². The zero-order valence-electron chi connectivity index (χ0n) is 18.3. The van der Waals surface area contributed by atoms with Gasteiger partial charge in [0.1, 0.15) is 6.61 Å². The Labute approximate surface area is 180 Å². The number of unbranched alkanes of at least 4 members (excludes halogenated alkanes) is 7. The van der Waals surface area contributed by atoms with Crippen LogP contribution in [0.15, 0.2) is 48.5 Å². The Morgan fingerprint density at radius 1 is 0.700 bits per heavy atom. The summed E-state index contributed by atoms with van der Waals surface area (Å²) in [7, 11) is 0. The van der Waals surface area contributed by atoms with Gasteiger partial charge in [-0.2, -0.15) is 0 Å². The molecule has 0 saturated carbocycles. The number of rotatable bonds is 13. The van der Waals surface area contributed by atoms with E-state index in [1.165, 1.54) is 38.5 Å². The summed E-state index contributed by atoms with van der Waals surface area (Å²) < 4.78 is 10.8. The lowest BCUT2D eigenvalue weighted by Gasteiger charge is -2.11. The molecule has 0 saturated heterocycles. The minimum absolute atomic E-state index is 0.174. The van der Waals surface area contributed by atoms with E-state index in [1.54, 1.807) is 24.3 Å². The summed E-state index contributed by atoms with van der Waals surface area (Å²) in [5, 5.41) is 0. The first-order chi connectivity index (χ1) is 14.6. The van der Waals surface area contributed by atoms with Gasteiger partial charge in [-0.05, 0) is 36.6 Å². The van der Waals surface area contributed by atoms with E-state index < -0.39 is 11.9 Å². The van der Waals surface area contributed by atoms with Crippen molar-refractivity contribution in [3.63, 3.8) is 0 Å². The van der Waals surface area contributed by atoms with Gasteiger partial charge in [0.25, 0.3) is 0 Å². The van der Waals surface area contributed by atoms with Gasteiger partial charge in [0.15, 0.2) is 0 Å². The summed E-state index contributed by atoms with van der Waals surface area (Å²) in [6, 6.07) is 14.4. The van der Waals surface area contributed by atoms with Crippen molar-refractivity contribution in [1.29, 1.82) is 0 Å². The van der Waals surface area contributed by atoms with E-state index in [1.807, 2.05) is 31.2 Å². The lowest BCUT2D eigenvalue weighted by Crippen LogP contribution is -2.14. The van der Waals surface area contributed by atoms with Crippen LogP contribution >= 0.6 is 0 Å². The van der Waals surface area contributed by atoms with Crippen LogP contribution in [0.5, 0.6) is 0 Å². The molecule has 0 spiro atoms. The van der Waals surface area contributed by atoms with E-state index in [2.05, 4.69) is 6.92 Å². The summed E-state index contributed by atoms with van der Waals surface area (Å²) in [4.78, 5) is 25.0. The van der Waals surface area contributed by atoms with Crippen molar-refractivity contribution in [1.82, 2.24) is 0 Å². The fourth-order valence-electron chi connectivity index (χ4n) is 3.31. The average Bonchev–Trinajstić information content (AvgIpc) is 2.77. The smallest absolute Gasteiger partial charge is 0.339 e. The molecular formula is C26H34O4. The molecule has 0 fully saturated rings. The van der Waals surface area contributed by atoms with Gasteiger partial charge in [0.05, 0.1) is 17.7 Å². The van der Waals surface area contributed by atoms with Crippen LogP contribution in [0, 0.1) is 6.92 Å². The van der Waals surface area contributed by atoms with Crippen LogP contribution in [-0.4, -0.2) is 18.5 Å². The highest BCUT2D eigenvalue weighted by molar-refractivity contribution is 6.03. The molecule has 0 heterocycles. The minimum Gasteiger partial charge on any atom is -0.462 e. The fourth-order valence-corrected chi connectivity index (χ4v) is 3.31. The van der Waals surface area contributed by atoms with E-state index in [4.69, 9.17) is 9.47 Å². The SMILES string of the molecule is CCCCCCCCCCOC(=O)c1ccccc1C(=O)OCc1ccccc1C. The van der Waals surface area contributed by atoms with Gasteiger partial charge in [0.2, 0.25) is 0 Å². The molecule has 4 nitrogen and oxygen atoms in total. The molecule has 4 heteroatoms. The number of hydrogen-bond donors (Lipinski definition) is 0. The van der Waals surface area contributed by atoms with Crippen molar-refractivity contribution in [3.8, 4) is 0 Å². The minimum atomic E-state index is -0.516. The monoisotopic (exact) mass is 410 g/mol. The maximum Gasteiger partial charge on any atom is 0.339 e. The van der Waals surface area contributed by atoms with E-state index in [-0.39, 0.29) is 17.7 Å². The maximum absolute atomic E-state index is 12.5. The molecule has 0 aliphatic rings. The second-order valence-corrected chi connectivity index (χ2v) is 7.66. The summed E-state index contributed by atoms with van der Waals surface area (Å²) in [5.74, 6) is -0.987. The second-order valence-electron chi connectivity index (χ2n) is 7.66. The van der Waals surface area contributed by atoms with Crippen LogP contribution in [0.25, 0.3) is 0 Å². The van der Waals surface area contributed by atoms with E-state index in [0.717, 1.165) is 24.0 Å². The van der Waals surface area contributed by atoms with Crippen LogP contribution < -0.4 is 0 Å². The van der Waals surface area contributed by atoms with Crippen molar-refractivity contribution in [2.24, 2.45) is 0 Å². The van der Waals surface area contributed by atoms with Gasteiger partial charge >= 0.3 is 11.9 Å². The van der Waals surface area contributed by atoms with Gasteiger partial charge in [-0.15, -0.1) is 0 Å². The number of benzene rings is 2. The zero-order valence-corrected chi connectivity index (χ0v) is 18.3. The van der Waals surface area contributed by atoms with Crippen LogP contribution in [-0.2, 0) is 16.1 Å². The standard InChI is InChI=1S/C26H34O4/c1-3-4-5-6-7-8-9-14-19-29-25(27)23-17-12-13-18-24(23)26(28)30-20-22-16-11-10-15-21(22)2/h10-13,15-18H,3-9,14,19-20H2,1-2H3. The van der Waals surface area contributed by atoms with Gasteiger partial charge in [-0.25, -0.2) is 9.59 Å². The highest BCUT2D eigenvalue weighted by Gasteiger charge is 2.19. The van der Waals surface area contributed by atoms with Crippen LogP contribution in [0.3, 0.4) is 0 Å². The van der Waals surface area contributed by atoms with Gasteiger partial charge in [0, 0.05) is 0 Å². The number of aryl methyl sites for hydroxylation is 1. The third kappa shape index (κ3) is 8.02. The van der Waals surface area contributed by atoms with E-state index in [0.29, 0.717) is 6.61 Å². The third-order valence-corrected chi connectivity index (χ3v) is 5.22. The molecule has 0 amide bonds. The largest absolute Gasteiger partial charge is 0.462 e. The molecule has 2 aromatic rings. The first-order valence-electron chi connectivity index (χ1n) is 11.1. The molecule has 162 valence electrons. The third-order valence-electron chi connectivity index (χ3n) is 5.22. The second kappa shape index (κ2) is 13.6. The van der Waals surface area contributed by atoms with Crippen molar-refractivity contribution in [2.75, 3.05) is 6.61 Å². The predicted molar refractivity (Wildman–Crippen MR) is 120 cm³/mol. The Morgan fingerprint density at radius 3 is 1.87 bits per heavy atom. The number of carbonyl (C=O) groups excluding carboxylic acids is 2. The Balaban J connectivity index is 1.78. The molecule has 0 N–H and O–H groups in total. The molecule has 0 radical (unpaired) electrons. The normalized spacial score (nSPS) is 10.6. The number of ether oxygens (including phenoxy) is 2. The lowest BCUT2D eigenvalue weighted by atomic mass is 10.1. The van der Waals surface area contributed by atoms with Crippen molar-refractivity contribution in [3.05, 3.63) is 70.8 Å². The molecule has 2 rings (SSSR count). The quantitative estimate of drug-likeness (QED) is 0.274. The number of hydrogen-bond acceptors (Lipinski definition) is 4. The Hall–Kier alpha value is -2.62. The summed E-state index contributed by atoms with van der Waals surface area (Å²) >= 11 is 0. The molecule has 0 atom stereocenters. The van der Waals surface area contributed by atoms with Crippen molar-refractivity contribution >= 4 is 11.9 Å². The highest BCUT2D eigenvalue weighted by atomic mass is 16.5. The fraction of sp³-hybridized carbons (Fsp3) is 0.462. The Morgan fingerprint density at radius 2 is 1.23 bits per heavy atom. The highest BCUT2D eigenvalue weighted by Crippen LogP contribution is 2.15. The van der Waals surface area contributed by atoms with E-state index >= 15 is 0 Å². The molecular weight excluding hydrogens is 376 g/mol. The van der Waals surface area contributed by atoms with Crippen molar-refractivity contribution in [2.45, 2.75) is 71.8 Å². The van der Waals surface area contributed by atoms with Gasteiger partial charge in [-0.1, -0.05) is 88.3 Å². The lowest BCUT2D eigenvalue weighted by molar-refractivity contribution is 0.0436. The molecule has 0 bridgehead atoms. The van der Waals surface area contributed by atoms with Crippen molar-refractivity contribution < 1.29 is 19.1 Å². The van der Waals surface area contributed by atoms with Gasteiger partial charge in [-0.3, -0.25) is 0 Å². The Bertz CT molecular complexity index is 797. The molecule has 2 aromatic carbocycles. The van der Waals surface area contributed by atoms with Crippen LogP contribution in [0.4, 0.5) is 0 Å². The summed E-state index contributed by atoms with van der Waals surface area (Å²) in [5.41, 5.74) is 2.50. The Kier molecular flexibility index (Phi) is 10.7. The number of esters is 2. The van der Waals surface area contributed by atoms with E-state index in [9.17, 15) is 9.59 Å². The van der Waals surface area contributed by atoms with Crippen LogP contribution in [0.1, 0.15) is 90.1 Å². The summed E-state index contributed by atoms with van der Waals surface area (Å²) in [6.07, 6.45) is 9.47. The summed E-state index contributed by atoms with van der Waals surface area (Å²) in [6.45, 7) is 4.74. The molecule has 30 heavy (non-hydrogen) atoms. The molecule has 0 aliphatic heterocycles. The van der Waals surface area contributed by atoms with Gasteiger partial charge < -0.3 is 9.47 Å². The maximum atomic E-state index is 12.5. The molecule has 0 aliphatic carbocycles. The predicted octanol–water partition coefficient (Wildman–Crippen LogP) is 6.65. The number of carbonyl (C=O) groups is 2.